The third kappa shape index (κ3) is 7.41. The number of fused-ring (bicyclic) bond motifs is 3. The van der Waals surface area contributed by atoms with Crippen LogP contribution in [0, 0.1) is 23.7 Å². The smallest absolute Gasteiger partial charge is 0.254 e. The van der Waals surface area contributed by atoms with E-state index in [4.69, 9.17) is 35.6 Å². The summed E-state index contributed by atoms with van der Waals surface area (Å²) in [7, 11) is 0. The van der Waals surface area contributed by atoms with Gasteiger partial charge in [-0.15, -0.1) is 0 Å². The normalized spacial score (nSPS) is 31.1. The third-order valence-corrected chi connectivity index (χ3v) is 11.5. The van der Waals surface area contributed by atoms with E-state index in [0.717, 1.165) is 47.8 Å². The predicted octanol–water partition coefficient (Wildman–Crippen LogP) is 7.08. The lowest BCUT2D eigenvalue weighted by molar-refractivity contribution is -0.577. The van der Waals surface area contributed by atoms with Crippen molar-refractivity contribution < 1.29 is 33.6 Å². The highest BCUT2D eigenvalue weighted by Crippen LogP contribution is 2.60. The molecule has 3 aromatic rings. The van der Waals surface area contributed by atoms with Crippen LogP contribution in [-0.2, 0) is 35.4 Å². The lowest BCUT2D eigenvalue weighted by Crippen LogP contribution is -2.70. The first-order valence-corrected chi connectivity index (χ1v) is 18.9. The van der Waals surface area contributed by atoms with Gasteiger partial charge in [0.1, 0.15) is 0 Å². The number of carbonyl (C=O) groups is 2. The second kappa shape index (κ2) is 14.5. The van der Waals surface area contributed by atoms with Crippen molar-refractivity contribution in [3.63, 3.8) is 0 Å². The number of amides is 2. The van der Waals surface area contributed by atoms with Crippen LogP contribution >= 0.6 is 11.6 Å². The molecule has 5 aliphatic rings. The first kappa shape index (κ1) is 37.0. The van der Waals surface area contributed by atoms with Crippen molar-refractivity contribution in [2.45, 2.75) is 103 Å². The number of benzene rings is 2. The maximum atomic E-state index is 13.9. The van der Waals surface area contributed by atoms with Crippen LogP contribution in [0.5, 0.6) is 0 Å². The van der Waals surface area contributed by atoms with Crippen LogP contribution in [0.4, 0.5) is 5.69 Å². The minimum absolute atomic E-state index is 0.0612. The second-order valence-electron chi connectivity index (χ2n) is 16.3. The molecule has 2 N–H and O–H groups in total. The minimum atomic E-state index is -0.843. The van der Waals surface area contributed by atoms with E-state index >= 15 is 0 Å². The van der Waals surface area contributed by atoms with Gasteiger partial charge in [-0.25, -0.2) is 9.78 Å². The van der Waals surface area contributed by atoms with E-state index in [2.05, 4.69) is 29.5 Å². The van der Waals surface area contributed by atoms with Crippen LogP contribution in [-0.4, -0.2) is 70.8 Å². The topological polar surface area (TPSA) is 120 Å². The summed E-state index contributed by atoms with van der Waals surface area (Å²) in [6, 6.07) is 14.8. The van der Waals surface area contributed by atoms with E-state index in [1.54, 1.807) is 23.2 Å². The van der Waals surface area contributed by atoms with Gasteiger partial charge in [0.2, 0.25) is 11.7 Å². The molecular weight excluding hydrogens is 684 g/mol. The largest absolute Gasteiger partial charge is 0.383 e. The lowest BCUT2D eigenvalue weighted by Gasteiger charge is -2.60. The molecule has 1 aromatic heterocycles. The van der Waals surface area contributed by atoms with Crippen LogP contribution in [0.3, 0.4) is 0 Å². The first-order chi connectivity index (χ1) is 24.7. The Morgan fingerprint density at radius 2 is 1.83 bits per heavy atom. The Morgan fingerprint density at radius 3 is 2.60 bits per heavy atom. The van der Waals surface area contributed by atoms with Gasteiger partial charge >= 0.3 is 0 Å². The number of hydrogen-bond donors (Lipinski definition) is 2. The average Bonchev–Trinajstić information content (AvgIpc) is 3.33. The van der Waals surface area contributed by atoms with Gasteiger partial charge in [0, 0.05) is 64.7 Å². The van der Waals surface area contributed by atoms with Crippen molar-refractivity contribution in [2.24, 2.45) is 23.7 Å². The van der Waals surface area contributed by atoms with Crippen molar-refractivity contribution in [3.05, 3.63) is 70.9 Å². The number of halogens is 1. The maximum absolute atomic E-state index is 13.9. The number of anilines is 1. The number of ether oxygens (including phenoxy) is 3. The molecule has 2 aromatic carbocycles. The third-order valence-electron chi connectivity index (χ3n) is 11.3. The molecule has 52 heavy (non-hydrogen) atoms. The van der Waals surface area contributed by atoms with Gasteiger partial charge < -0.3 is 29.7 Å². The highest BCUT2D eigenvalue weighted by molar-refractivity contribution is 6.31. The van der Waals surface area contributed by atoms with E-state index in [-0.39, 0.29) is 30.2 Å². The molecular formula is C40H51ClN4O7. The summed E-state index contributed by atoms with van der Waals surface area (Å²) in [6.07, 6.45) is 4.51. The number of hydrogen-bond acceptors (Lipinski definition) is 9. The zero-order valence-electron chi connectivity index (χ0n) is 30.9. The zero-order chi connectivity index (χ0) is 36.8. The van der Waals surface area contributed by atoms with E-state index < -0.39 is 29.5 Å². The quantitative estimate of drug-likeness (QED) is 0.211. The monoisotopic (exact) mass is 734 g/mol. The Hall–Kier alpha value is -3.32. The van der Waals surface area contributed by atoms with Crippen molar-refractivity contribution in [3.8, 4) is 0 Å². The van der Waals surface area contributed by atoms with Crippen molar-refractivity contribution in [1.82, 2.24) is 15.2 Å². The van der Waals surface area contributed by atoms with Gasteiger partial charge in [0.25, 0.3) is 5.91 Å². The number of nitrogens with one attached hydrogen (secondary N) is 2. The Bertz CT molecular complexity index is 1790. The summed E-state index contributed by atoms with van der Waals surface area (Å²) in [5.41, 5.74) is 1.96. The molecule has 12 heteroatoms. The Kier molecular flexibility index (Phi) is 10.3. The number of pyridine rings is 1. The predicted molar refractivity (Wildman–Crippen MR) is 197 cm³/mol. The fourth-order valence-corrected chi connectivity index (χ4v) is 8.82. The zero-order valence-corrected chi connectivity index (χ0v) is 31.7. The highest BCUT2D eigenvalue weighted by atomic mass is 35.5. The Labute approximate surface area is 310 Å². The molecule has 8 atom stereocenters. The molecule has 0 radical (unpaired) electrons. The van der Waals surface area contributed by atoms with E-state index in [9.17, 15) is 9.59 Å². The Morgan fingerprint density at radius 1 is 1.04 bits per heavy atom. The molecule has 1 unspecified atom stereocenters. The lowest BCUT2D eigenvalue weighted by atomic mass is 9.58. The minimum Gasteiger partial charge on any atom is -0.383 e. The molecule has 4 saturated heterocycles. The second-order valence-corrected chi connectivity index (χ2v) is 16.7. The van der Waals surface area contributed by atoms with Gasteiger partial charge in [0.05, 0.1) is 18.7 Å². The summed E-state index contributed by atoms with van der Waals surface area (Å²) in [5, 5.41) is 7.92. The van der Waals surface area contributed by atoms with Gasteiger partial charge in [-0.1, -0.05) is 37.6 Å². The molecule has 1 saturated carbocycles. The van der Waals surface area contributed by atoms with Crippen molar-refractivity contribution in [2.75, 3.05) is 25.0 Å². The van der Waals surface area contributed by atoms with Gasteiger partial charge in [-0.05, 0) is 101 Å². The van der Waals surface area contributed by atoms with Crippen LogP contribution < -0.4 is 10.6 Å². The fourth-order valence-electron chi connectivity index (χ4n) is 8.65. The van der Waals surface area contributed by atoms with Crippen LogP contribution in [0.15, 0.2) is 54.7 Å². The first-order valence-electron chi connectivity index (χ1n) is 18.5. The van der Waals surface area contributed by atoms with E-state index in [1.807, 2.05) is 64.1 Å². The van der Waals surface area contributed by atoms with Crippen LogP contribution in [0.25, 0.3) is 10.9 Å². The fraction of sp³-hybridized carbons (Fsp3) is 0.575. The summed E-state index contributed by atoms with van der Waals surface area (Å²) >= 11 is 6.17. The molecule has 5 fully saturated rings. The van der Waals surface area contributed by atoms with E-state index in [1.165, 1.54) is 0 Å². The van der Waals surface area contributed by atoms with Crippen molar-refractivity contribution >= 4 is 40.0 Å². The molecule has 1 aliphatic carbocycles. The number of rotatable bonds is 10. The number of nitrogens with zero attached hydrogens (tertiary/aromatic N) is 2. The molecule has 4 aliphatic heterocycles. The Balaban J connectivity index is 1.01. The van der Waals surface area contributed by atoms with E-state index in [0.29, 0.717) is 42.1 Å². The highest BCUT2D eigenvalue weighted by Gasteiger charge is 2.69. The molecule has 5 heterocycles. The van der Waals surface area contributed by atoms with Gasteiger partial charge in [-0.3, -0.25) is 14.6 Å². The molecule has 11 nitrogen and oxygen atoms in total. The van der Waals surface area contributed by atoms with Gasteiger partial charge in [0.15, 0.2) is 18.2 Å². The maximum Gasteiger partial charge on any atom is 0.254 e. The average molecular weight is 735 g/mol. The number of carbonyl (C=O) groups excluding carboxylic acids is 2. The standard InChI is InChI=1S/C40H51ClN4O7/c1-24-7-14-31-25(2)36(49-37-40(31)30(24)15-17-39(6,50-37)51-52-40)48-23-26-8-10-27(11-9-26)35(47)45(22-34(46)44-38(3,4)5)20-19-43-32-16-18-42-33-21-28(41)12-13-29(32)33/h8-13,16,18,21,24-25,30-31,36-37H,7,14-15,17,19-20,22-23H2,1-6H3,(H,42,43)(H,44,46)/t24-,25-,30+,31+,36+,37-,39?,40-/m1/s1. The molecule has 1 spiro atoms. The molecule has 2 bridgehead atoms. The summed E-state index contributed by atoms with van der Waals surface area (Å²) in [6.45, 7) is 13.1. The molecule has 2 amide bonds. The van der Waals surface area contributed by atoms with Gasteiger partial charge in [-0.2, -0.15) is 0 Å². The van der Waals surface area contributed by atoms with Crippen molar-refractivity contribution in [1.29, 1.82) is 0 Å². The van der Waals surface area contributed by atoms with Crippen LogP contribution in [0.2, 0.25) is 5.02 Å². The molecule has 8 rings (SSSR count). The summed E-state index contributed by atoms with van der Waals surface area (Å²) in [4.78, 5) is 45.1. The summed E-state index contributed by atoms with van der Waals surface area (Å²) in [5.74, 6) is -0.296. The SMILES string of the molecule is C[C@H]1[C@@H](OCc2ccc(C(=O)N(CCNc3ccnc4cc(Cl)ccc34)CC(=O)NC(C)(C)C)cc2)O[C@@H]2OC3(C)CC[C@H]4[C@H](C)CC[C@@H]1[C@@]24OO3. The molecule has 280 valence electrons. The summed E-state index contributed by atoms with van der Waals surface area (Å²) < 4.78 is 19.5. The van der Waals surface area contributed by atoms with Crippen LogP contribution in [0.1, 0.15) is 83.1 Å². The number of aromatic nitrogens is 1.